The summed E-state index contributed by atoms with van der Waals surface area (Å²) in [5, 5.41) is 2.91. The maximum atomic E-state index is 12.9. The highest BCUT2D eigenvalue weighted by molar-refractivity contribution is 6.03. The number of benzene rings is 2. The van der Waals surface area contributed by atoms with E-state index in [4.69, 9.17) is 18.6 Å². The van der Waals surface area contributed by atoms with Crippen molar-refractivity contribution in [2.75, 3.05) is 20.8 Å². The summed E-state index contributed by atoms with van der Waals surface area (Å²) in [5.74, 6) is 0.153. The maximum absolute atomic E-state index is 12.9. The molecule has 1 amide bonds. The molecule has 0 aliphatic rings. The van der Waals surface area contributed by atoms with Gasteiger partial charge in [0.25, 0.3) is 11.5 Å². The molecule has 2 aromatic carbocycles. The number of nitrogens with one attached hydrogen (secondary N) is 1. The number of aryl methyl sites for hydroxylation is 2. The molecule has 0 saturated carbocycles. The summed E-state index contributed by atoms with van der Waals surface area (Å²) in [7, 11) is 4.66. The smallest absolute Gasteiger partial charge is 0.343 e. The SMILES string of the molecule is COc1ccc(C(NC(=O)COC(=O)c2c(C)oc3ncn(C)c(=O)c23)c2ccc(OC)cc2)cc1. The molecule has 2 aromatic heterocycles. The van der Waals surface area contributed by atoms with E-state index >= 15 is 0 Å². The van der Waals surface area contributed by atoms with Crippen LogP contribution in [0.25, 0.3) is 11.1 Å². The molecule has 0 bridgehead atoms. The molecule has 1 N–H and O–H groups in total. The summed E-state index contributed by atoms with van der Waals surface area (Å²) in [5.41, 5.74) is 1.13. The topological polar surface area (TPSA) is 122 Å². The first-order valence-corrected chi connectivity index (χ1v) is 11.0. The van der Waals surface area contributed by atoms with Crippen molar-refractivity contribution in [2.24, 2.45) is 7.05 Å². The van der Waals surface area contributed by atoms with Gasteiger partial charge in [-0.2, -0.15) is 0 Å². The third-order valence-corrected chi connectivity index (χ3v) is 5.69. The van der Waals surface area contributed by atoms with Gasteiger partial charge in [0.1, 0.15) is 34.5 Å². The number of hydrogen-bond donors (Lipinski definition) is 1. The van der Waals surface area contributed by atoms with Gasteiger partial charge in [0.2, 0.25) is 5.71 Å². The van der Waals surface area contributed by atoms with Crippen molar-refractivity contribution in [3.63, 3.8) is 0 Å². The molecule has 0 spiro atoms. The molecule has 10 heteroatoms. The number of ether oxygens (including phenoxy) is 3. The van der Waals surface area contributed by atoms with Gasteiger partial charge >= 0.3 is 5.97 Å². The van der Waals surface area contributed by atoms with E-state index < -0.39 is 30.1 Å². The van der Waals surface area contributed by atoms with Crippen LogP contribution in [-0.2, 0) is 16.6 Å². The van der Waals surface area contributed by atoms with Crippen molar-refractivity contribution in [3.8, 4) is 11.5 Å². The monoisotopic (exact) mass is 491 g/mol. The van der Waals surface area contributed by atoms with E-state index in [9.17, 15) is 14.4 Å². The molecule has 4 aromatic rings. The number of methoxy groups -OCH3 is 2. The van der Waals surface area contributed by atoms with E-state index in [-0.39, 0.29) is 22.4 Å². The van der Waals surface area contributed by atoms with Crippen LogP contribution >= 0.6 is 0 Å². The van der Waals surface area contributed by atoms with Crippen LogP contribution < -0.4 is 20.3 Å². The highest BCUT2D eigenvalue weighted by atomic mass is 16.5. The fourth-order valence-electron chi connectivity index (χ4n) is 3.79. The molecule has 2 heterocycles. The number of hydrogen-bond acceptors (Lipinski definition) is 8. The lowest BCUT2D eigenvalue weighted by atomic mass is 9.98. The van der Waals surface area contributed by atoms with Crippen molar-refractivity contribution in [1.82, 2.24) is 14.9 Å². The molecule has 0 fully saturated rings. The lowest BCUT2D eigenvalue weighted by Gasteiger charge is -2.20. The van der Waals surface area contributed by atoms with Crippen LogP contribution in [0.2, 0.25) is 0 Å². The second-order valence-electron chi connectivity index (χ2n) is 8.00. The van der Waals surface area contributed by atoms with Gasteiger partial charge < -0.3 is 28.5 Å². The molecule has 0 unspecified atom stereocenters. The first-order valence-electron chi connectivity index (χ1n) is 11.0. The summed E-state index contributed by atoms with van der Waals surface area (Å²) in [6.45, 7) is 0.968. The van der Waals surface area contributed by atoms with Crippen molar-refractivity contribution >= 4 is 23.0 Å². The summed E-state index contributed by atoms with van der Waals surface area (Å²) in [6.07, 6.45) is 1.30. The predicted molar refractivity (Wildman–Crippen MR) is 130 cm³/mol. The minimum atomic E-state index is -0.850. The van der Waals surface area contributed by atoms with Crippen LogP contribution in [0.4, 0.5) is 0 Å². The van der Waals surface area contributed by atoms with Crippen molar-refractivity contribution in [3.05, 3.63) is 87.7 Å². The average molecular weight is 492 g/mol. The van der Waals surface area contributed by atoms with Crippen molar-refractivity contribution in [1.29, 1.82) is 0 Å². The van der Waals surface area contributed by atoms with Gasteiger partial charge in [0.05, 0.1) is 20.3 Å². The largest absolute Gasteiger partial charge is 0.497 e. The van der Waals surface area contributed by atoms with Gasteiger partial charge in [-0.1, -0.05) is 24.3 Å². The molecular formula is C26H25N3O7. The lowest BCUT2D eigenvalue weighted by molar-refractivity contribution is -0.124. The third-order valence-electron chi connectivity index (χ3n) is 5.69. The Kier molecular flexibility index (Phi) is 7.05. The van der Waals surface area contributed by atoms with Crippen molar-refractivity contribution in [2.45, 2.75) is 13.0 Å². The highest BCUT2D eigenvalue weighted by Crippen LogP contribution is 2.26. The number of carbonyl (C=O) groups is 2. The summed E-state index contributed by atoms with van der Waals surface area (Å²) in [6, 6.07) is 14.0. The van der Waals surface area contributed by atoms with E-state index in [0.29, 0.717) is 11.5 Å². The van der Waals surface area contributed by atoms with E-state index in [0.717, 1.165) is 11.1 Å². The first kappa shape index (κ1) is 24.5. The zero-order chi connectivity index (χ0) is 25.8. The number of amides is 1. The quantitative estimate of drug-likeness (QED) is 0.374. The fourth-order valence-corrected chi connectivity index (χ4v) is 3.79. The van der Waals surface area contributed by atoms with Gasteiger partial charge in [0.15, 0.2) is 6.61 Å². The molecule has 36 heavy (non-hydrogen) atoms. The zero-order valence-corrected chi connectivity index (χ0v) is 20.2. The van der Waals surface area contributed by atoms with Crippen LogP contribution in [0.15, 0.2) is 64.1 Å². The fraction of sp³-hybridized carbons (Fsp3) is 0.231. The predicted octanol–water partition coefficient (Wildman–Crippen LogP) is 2.91. The van der Waals surface area contributed by atoms with E-state index in [1.54, 1.807) is 38.5 Å². The minimum Gasteiger partial charge on any atom is -0.497 e. The number of aromatic nitrogens is 2. The number of nitrogens with zero attached hydrogens (tertiary/aromatic N) is 2. The second kappa shape index (κ2) is 10.3. The Hall–Kier alpha value is -4.60. The molecular weight excluding hydrogens is 466 g/mol. The molecule has 0 radical (unpaired) electrons. The van der Waals surface area contributed by atoms with Crippen LogP contribution in [0, 0.1) is 6.92 Å². The summed E-state index contributed by atoms with van der Waals surface area (Å²) < 4.78 is 22.4. The Morgan fingerprint density at radius 3 is 2.08 bits per heavy atom. The van der Waals surface area contributed by atoms with Gasteiger partial charge in [-0.05, 0) is 42.3 Å². The zero-order valence-electron chi connectivity index (χ0n) is 20.2. The van der Waals surface area contributed by atoms with Crippen LogP contribution in [0.3, 0.4) is 0 Å². The second-order valence-corrected chi connectivity index (χ2v) is 8.00. The number of fused-ring (bicyclic) bond motifs is 1. The highest BCUT2D eigenvalue weighted by Gasteiger charge is 2.25. The molecule has 0 aliphatic heterocycles. The Morgan fingerprint density at radius 2 is 1.56 bits per heavy atom. The summed E-state index contributed by atoms with van der Waals surface area (Å²) >= 11 is 0. The van der Waals surface area contributed by atoms with Crippen LogP contribution in [0.1, 0.15) is 33.3 Å². The Morgan fingerprint density at radius 1 is 1.00 bits per heavy atom. The normalized spacial score (nSPS) is 10.9. The number of rotatable bonds is 8. The van der Waals surface area contributed by atoms with Crippen LogP contribution in [0.5, 0.6) is 11.5 Å². The van der Waals surface area contributed by atoms with E-state index in [1.165, 1.54) is 24.9 Å². The Balaban J connectivity index is 1.53. The Bertz CT molecular complexity index is 1410. The van der Waals surface area contributed by atoms with E-state index in [2.05, 4.69) is 10.3 Å². The van der Waals surface area contributed by atoms with Gasteiger partial charge in [-0.15, -0.1) is 0 Å². The number of carbonyl (C=O) groups excluding carboxylic acids is 2. The standard InChI is InChI=1S/C26H25N3O7/c1-15-21(22-24(36-15)27-14-29(2)25(22)31)26(32)35-13-20(30)28-23(16-5-9-18(33-3)10-6-16)17-7-11-19(34-4)12-8-17/h5-12,14,23H,13H2,1-4H3,(H,28,30). The molecule has 4 rings (SSSR count). The first-order chi connectivity index (χ1) is 17.3. The van der Waals surface area contributed by atoms with E-state index in [1.807, 2.05) is 24.3 Å². The molecule has 10 nitrogen and oxygen atoms in total. The summed E-state index contributed by atoms with van der Waals surface area (Å²) in [4.78, 5) is 42.2. The lowest BCUT2D eigenvalue weighted by Crippen LogP contribution is -2.33. The maximum Gasteiger partial charge on any atom is 0.343 e. The molecule has 0 atom stereocenters. The van der Waals surface area contributed by atoms with Crippen LogP contribution in [-0.4, -0.2) is 42.3 Å². The number of furan rings is 1. The number of esters is 1. The minimum absolute atomic E-state index is 0.0113. The van der Waals surface area contributed by atoms with Gasteiger partial charge in [-0.3, -0.25) is 9.59 Å². The van der Waals surface area contributed by atoms with Crippen molar-refractivity contribution < 1.29 is 28.2 Å². The van der Waals surface area contributed by atoms with Gasteiger partial charge in [0, 0.05) is 7.05 Å². The van der Waals surface area contributed by atoms with Gasteiger partial charge in [-0.25, -0.2) is 9.78 Å². The average Bonchev–Trinajstić information content (AvgIpc) is 3.25. The Labute approximate surface area is 206 Å². The molecule has 0 saturated heterocycles. The molecule has 0 aliphatic carbocycles. The third kappa shape index (κ3) is 4.92. The molecule has 186 valence electrons.